The van der Waals surface area contributed by atoms with E-state index < -0.39 is 0 Å². The van der Waals surface area contributed by atoms with Gasteiger partial charge in [-0.1, -0.05) is 52.0 Å². The van der Waals surface area contributed by atoms with Crippen LogP contribution < -0.4 is 0 Å². The molecule has 4 atom stereocenters. The van der Waals surface area contributed by atoms with Crippen LogP contribution >= 0.6 is 0 Å². The van der Waals surface area contributed by atoms with Crippen molar-refractivity contribution in [3.8, 4) is 0 Å². The second-order valence-corrected chi connectivity index (χ2v) is 11.8. The molecule has 4 rings (SSSR count). The zero-order valence-corrected chi connectivity index (χ0v) is 27.3. The van der Waals surface area contributed by atoms with Gasteiger partial charge in [-0.2, -0.15) is 0 Å². The van der Waals surface area contributed by atoms with E-state index in [-0.39, 0.29) is 0 Å². The molecule has 4 unspecified atom stereocenters. The average molecular weight is 593 g/mol. The van der Waals surface area contributed by atoms with Gasteiger partial charge in [-0.05, 0) is 74.2 Å². The summed E-state index contributed by atoms with van der Waals surface area (Å²) in [4.78, 5) is 24.5. The largest absolute Gasteiger partial charge is 0.295 e. The van der Waals surface area contributed by atoms with Crippen LogP contribution in [0.1, 0.15) is 76.2 Å². The number of rotatable bonds is 19. The summed E-state index contributed by atoms with van der Waals surface area (Å²) in [5.74, 6) is 0. The van der Waals surface area contributed by atoms with Gasteiger partial charge in [0.25, 0.3) is 0 Å². The molecule has 0 spiro atoms. The van der Waals surface area contributed by atoms with E-state index in [1.165, 1.54) is 0 Å². The van der Waals surface area contributed by atoms with E-state index in [2.05, 4.69) is 86.0 Å². The van der Waals surface area contributed by atoms with Crippen LogP contribution in [0.15, 0.2) is 97.6 Å². The standard InChI is InChI=1S/C38H52N6/c1-5-35(27-31-17-9-13-21-39-31)43(36(6-2)28-32-18-10-14-22-40-32)25-26-44(37(7-3)29-33-19-11-15-23-41-33)38(8-4)30-34-20-12-16-24-42-34/h9-24,35-38H,5-8,25-30H2,1-4H3. The van der Waals surface area contributed by atoms with Crippen molar-refractivity contribution in [2.75, 3.05) is 13.1 Å². The van der Waals surface area contributed by atoms with E-state index in [1.807, 2.05) is 49.1 Å². The molecule has 0 radical (unpaired) electrons. The minimum absolute atomic E-state index is 0.396. The van der Waals surface area contributed by atoms with Crippen LogP contribution in [0.5, 0.6) is 0 Å². The Balaban J connectivity index is 1.64. The van der Waals surface area contributed by atoms with Gasteiger partial charge in [-0.25, -0.2) is 0 Å². The molecule has 44 heavy (non-hydrogen) atoms. The van der Waals surface area contributed by atoms with Crippen LogP contribution in [-0.4, -0.2) is 67.0 Å². The third-order valence-corrected chi connectivity index (χ3v) is 9.06. The minimum Gasteiger partial charge on any atom is -0.295 e. The molecule has 0 aliphatic heterocycles. The second kappa shape index (κ2) is 18.4. The van der Waals surface area contributed by atoms with Gasteiger partial charge in [0.2, 0.25) is 0 Å². The third-order valence-electron chi connectivity index (χ3n) is 9.06. The van der Waals surface area contributed by atoms with Gasteiger partial charge in [0, 0.05) is 111 Å². The fourth-order valence-corrected chi connectivity index (χ4v) is 6.58. The molecular formula is C38H52N6. The summed E-state index contributed by atoms with van der Waals surface area (Å²) in [5.41, 5.74) is 4.66. The van der Waals surface area contributed by atoms with E-state index in [4.69, 9.17) is 19.9 Å². The van der Waals surface area contributed by atoms with E-state index in [9.17, 15) is 0 Å². The van der Waals surface area contributed by atoms with Crippen molar-refractivity contribution in [3.63, 3.8) is 0 Å². The van der Waals surface area contributed by atoms with Gasteiger partial charge in [0.05, 0.1) is 0 Å². The topological polar surface area (TPSA) is 58.0 Å². The fourth-order valence-electron chi connectivity index (χ4n) is 6.58. The summed E-state index contributed by atoms with van der Waals surface area (Å²) in [7, 11) is 0. The molecule has 0 N–H and O–H groups in total. The highest BCUT2D eigenvalue weighted by molar-refractivity contribution is 5.10. The molecular weight excluding hydrogens is 540 g/mol. The summed E-state index contributed by atoms with van der Waals surface area (Å²) in [6.45, 7) is 11.3. The molecule has 4 heterocycles. The number of aromatic nitrogens is 4. The maximum absolute atomic E-state index is 4.73. The Bertz CT molecular complexity index is 1090. The predicted molar refractivity (Wildman–Crippen MR) is 181 cm³/mol. The van der Waals surface area contributed by atoms with Gasteiger partial charge in [0.15, 0.2) is 0 Å². The molecule has 0 saturated carbocycles. The van der Waals surface area contributed by atoms with Crippen molar-refractivity contribution in [3.05, 3.63) is 120 Å². The number of hydrogen-bond donors (Lipinski definition) is 0. The summed E-state index contributed by atoms with van der Waals surface area (Å²) in [6.07, 6.45) is 15.8. The molecule has 6 heteroatoms. The zero-order valence-electron chi connectivity index (χ0n) is 27.3. The van der Waals surface area contributed by atoms with Crippen molar-refractivity contribution < 1.29 is 0 Å². The Morgan fingerprint density at radius 3 is 0.841 bits per heavy atom. The van der Waals surface area contributed by atoms with Crippen molar-refractivity contribution in [2.45, 2.75) is 103 Å². The van der Waals surface area contributed by atoms with Gasteiger partial charge >= 0.3 is 0 Å². The molecule has 0 aromatic carbocycles. The molecule has 4 aromatic heterocycles. The number of hydrogen-bond acceptors (Lipinski definition) is 6. The first-order valence-corrected chi connectivity index (χ1v) is 16.8. The van der Waals surface area contributed by atoms with Gasteiger partial charge in [0.1, 0.15) is 0 Å². The smallest absolute Gasteiger partial charge is 0.0419 e. The molecule has 6 nitrogen and oxygen atoms in total. The van der Waals surface area contributed by atoms with E-state index >= 15 is 0 Å². The third kappa shape index (κ3) is 10.0. The minimum atomic E-state index is 0.396. The lowest BCUT2D eigenvalue weighted by Crippen LogP contribution is -2.52. The second-order valence-electron chi connectivity index (χ2n) is 11.8. The van der Waals surface area contributed by atoms with Crippen molar-refractivity contribution >= 4 is 0 Å². The Morgan fingerprint density at radius 2 is 0.659 bits per heavy atom. The van der Waals surface area contributed by atoms with Crippen molar-refractivity contribution in [1.29, 1.82) is 0 Å². The monoisotopic (exact) mass is 592 g/mol. The molecule has 0 amide bonds. The highest BCUT2D eigenvalue weighted by atomic mass is 15.3. The van der Waals surface area contributed by atoms with Crippen LogP contribution in [0.2, 0.25) is 0 Å². The van der Waals surface area contributed by atoms with Crippen LogP contribution in [-0.2, 0) is 25.7 Å². The summed E-state index contributed by atoms with van der Waals surface area (Å²) < 4.78 is 0. The van der Waals surface area contributed by atoms with Crippen LogP contribution in [0.4, 0.5) is 0 Å². The van der Waals surface area contributed by atoms with Crippen molar-refractivity contribution in [2.24, 2.45) is 0 Å². The molecule has 0 saturated heterocycles. The summed E-state index contributed by atoms with van der Waals surface area (Å²) in [5, 5.41) is 0. The zero-order chi connectivity index (χ0) is 31.0. The van der Waals surface area contributed by atoms with Gasteiger partial charge in [-0.3, -0.25) is 29.7 Å². The Morgan fingerprint density at radius 1 is 0.409 bits per heavy atom. The first-order valence-electron chi connectivity index (χ1n) is 16.8. The first-order chi connectivity index (χ1) is 21.6. The van der Waals surface area contributed by atoms with Gasteiger partial charge in [-0.15, -0.1) is 0 Å². The van der Waals surface area contributed by atoms with Crippen molar-refractivity contribution in [1.82, 2.24) is 29.7 Å². The molecule has 4 aromatic rings. The van der Waals surface area contributed by atoms with Crippen LogP contribution in [0, 0.1) is 0 Å². The highest BCUT2D eigenvalue weighted by Crippen LogP contribution is 2.23. The van der Waals surface area contributed by atoms with Crippen LogP contribution in [0.3, 0.4) is 0 Å². The molecule has 234 valence electrons. The first kappa shape index (κ1) is 33.4. The van der Waals surface area contributed by atoms with Gasteiger partial charge < -0.3 is 0 Å². The molecule has 0 bridgehead atoms. The summed E-state index contributed by atoms with van der Waals surface area (Å²) in [6, 6.07) is 26.8. The van der Waals surface area contributed by atoms with E-state index in [0.29, 0.717) is 24.2 Å². The SMILES string of the molecule is CCC(Cc1ccccn1)N(CCN(C(CC)Cc1ccccn1)C(CC)Cc1ccccn1)C(CC)Cc1ccccn1. The quantitative estimate of drug-likeness (QED) is 0.114. The lowest BCUT2D eigenvalue weighted by atomic mass is 9.97. The Labute approximate surface area is 266 Å². The number of pyridine rings is 4. The highest BCUT2D eigenvalue weighted by Gasteiger charge is 2.30. The lowest BCUT2D eigenvalue weighted by Gasteiger charge is -2.42. The Hall–Kier alpha value is -3.48. The molecule has 0 aliphatic carbocycles. The maximum atomic E-state index is 4.73. The van der Waals surface area contributed by atoms with E-state index in [1.54, 1.807) is 0 Å². The number of nitrogens with zero attached hydrogens (tertiary/aromatic N) is 6. The molecule has 0 aliphatic rings. The molecule has 0 fully saturated rings. The Kier molecular flexibility index (Phi) is 13.9. The fraction of sp³-hybridized carbons (Fsp3) is 0.474. The van der Waals surface area contributed by atoms with Crippen LogP contribution in [0.25, 0.3) is 0 Å². The maximum Gasteiger partial charge on any atom is 0.0419 e. The van der Waals surface area contributed by atoms with E-state index in [0.717, 1.165) is 87.2 Å². The normalized spacial score (nSPS) is 14.4. The lowest BCUT2D eigenvalue weighted by molar-refractivity contribution is 0.0658. The average Bonchev–Trinajstić information content (AvgIpc) is 3.09. The summed E-state index contributed by atoms with van der Waals surface area (Å²) >= 11 is 0. The predicted octanol–water partition coefficient (Wildman–Crippen LogP) is 7.26.